The maximum absolute atomic E-state index is 11.5. The summed E-state index contributed by atoms with van der Waals surface area (Å²) in [4.78, 5) is 23.4. The minimum absolute atomic E-state index is 0.0600. The molecule has 0 heterocycles. The lowest BCUT2D eigenvalue weighted by Gasteiger charge is -2.19. The van der Waals surface area contributed by atoms with Gasteiger partial charge in [0.2, 0.25) is 0 Å². The Hall–Kier alpha value is -1.52. The summed E-state index contributed by atoms with van der Waals surface area (Å²) >= 11 is 0. The number of amides is 2. The van der Waals surface area contributed by atoms with Crippen molar-refractivity contribution in [2.24, 2.45) is 5.92 Å². The Balaban J connectivity index is 3.88. The second-order valence-corrected chi connectivity index (χ2v) is 4.20. The van der Waals surface area contributed by atoms with Gasteiger partial charge in [0.1, 0.15) is 0 Å². The summed E-state index contributed by atoms with van der Waals surface area (Å²) in [6.45, 7) is 8.21. The van der Waals surface area contributed by atoms with Gasteiger partial charge >= 0.3 is 12.0 Å². The smallest absolute Gasteiger partial charge is 0.317 e. The van der Waals surface area contributed by atoms with Gasteiger partial charge in [0.05, 0.1) is 0 Å². The summed E-state index contributed by atoms with van der Waals surface area (Å²) in [5.74, 6) is -0.920. The topological polar surface area (TPSA) is 69.6 Å². The minimum Gasteiger partial charge on any atom is -0.481 e. The molecule has 1 unspecified atom stereocenters. The standard InChI is InChI=1S/C11H20N2O3/c1-8(2)7-13(4)11(16)12-6-9(3)5-10(14)15/h9H,1,5-7H2,2-4H3,(H,12,16)(H,14,15). The number of nitrogens with one attached hydrogen (secondary N) is 1. The zero-order valence-electron chi connectivity index (χ0n) is 10.1. The molecule has 2 N–H and O–H groups in total. The van der Waals surface area contributed by atoms with Crippen LogP contribution in [0, 0.1) is 5.92 Å². The van der Waals surface area contributed by atoms with Crippen molar-refractivity contribution in [3.8, 4) is 0 Å². The Labute approximate surface area is 96.1 Å². The maximum atomic E-state index is 11.5. The van der Waals surface area contributed by atoms with E-state index in [2.05, 4.69) is 11.9 Å². The normalized spacial score (nSPS) is 11.7. The highest BCUT2D eigenvalue weighted by molar-refractivity contribution is 5.74. The number of likely N-dealkylation sites (N-methyl/N-ethyl adjacent to an activating group) is 1. The molecular weight excluding hydrogens is 208 g/mol. The van der Waals surface area contributed by atoms with E-state index < -0.39 is 5.97 Å². The quantitative estimate of drug-likeness (QED) is 0.673. The zero-order valence-corrected chi connectivity index (χ0v) is 10.1. The van der Waals surface area contributed by atoms with Gasteiger partial charge in [0.25, 0.3) is 0 Å². The number of carbonyl (C=O) groups is 2. The molecular formula is C11H20N2O3. The number of carboxylic acid groups (broad SMARTS) is 1. The largest absolute Gasteiger partial charge is 0.481 e. The second-order valence-electron chi connectivity index (χ2n) is 4.20. The molecule has 5 nitrogen and oxygen atoms in total. The first-order valence-corrected chi connectivity index (χ1v) is 5.18. The van der Waals surface area contributed by atoms with Crippen molar-refractivity contribution in [3.63, 3.8) is 0 Å². The van der Waals surface area contributed by atoms with E-state index in [9.17, 15) is 9.59 Å². The molecule has 0 bridgehead atoms. The van der Waals surface area contributed by atoms with Crippen LogP contribution in [0.1, 0.15) is 20.3 Å². The summed E-state index contributed by atoms with van der Waals surface area (Å²) in [6, 6.07) is -0.208. The SMILES string of the molecule is C=C(C)CN(C)C(=O)NCC(C)CC(=O)O. The predicted molar refractivity (Wildman–Crippen MR) is 62.3 cm³/mol. The van der Waals surface area contributed by atoms with Gasteiger partial charge in [-0.15, -0.1) is 0 Å². The lowest BCUT2D eigenvalue weighted by molar-refractivity contribution is -0.137. The molecule has 0 spiro atoms. The van der Waals surface area contributed by atoms with Crippen LogP contribution in [0.3, 0.4) is 0 Å². The first-order valence-electron chi connectivity index (χ1n) is 5.18. The number of hydrogen-bond donors (Lipinski definition) is 2. The van der Waals surface area contributed by atoms with Crippen molar-refractivity contribution in [3.05, 3.63) is 12.2 Å². The van der Waals surface area contributed by atoms with Crippen molar-refractivity contribution in [1.82, 2.24) is 10.2 Å². The van der Waals surface area contributed by atoms with Crippen LogP contribution in [0.4, 0.5) is 4.79 Å². The van der Waals surface area contributed by atoms with E-state index in [0.29, 0.717) is 13.1 Å². The molecule has 0 aliphatic rings. The third kappa shape index (κ3) is 6.86. The summed E-state index contributed by atoms with van der Waals surface area (Å²) in [7, 11) is 1.67. The van der Waals surface area contributed by atoms with Crippen LogP contribution in [0.15, 0.2) is 12.2 Å². The number of nitrogens with zero attached hydrogens (tertiary/aromatic N) is 1. The highest BCUT2D eigenvalue weighted by Gasteiger charge is 2.11. The second kappa shape index (κ2) is 6.87. The van der Waals surface area contributed by atoms with E-state index in [1.165, 1.54) is 4.90 Å². The van der Waals surface area contributed by atoms with Gasteiger partial charge in [-0.05, 0) is 12.8 Å². The Morgan fingerprint density at radius 3 is 2.50 bits per heavy atom. The molecule has 0 saturated heterocycles. The fourth-order valence-corrected chi connectivity index (χ4v) is 1.24. The van der Waals surface area contributed by atoms with Gasteiger partial charge in [0.15, 0.2) is 0 Å². The first kappa shape index (κ1) is 14.5. The third-order valence-corrected chi connectivity index (χ3v) is 1.98. The van der Waals surface area contributed by atoms with E-state index in [0.717, 1.165) is 5.57 Å². The maximum Gasteiger partial charge on any atom is 0.317 e. The fourth-order valence-electron chi connectivity index (χ4n) is 1.24. The molecule has 16 heavy (non-hydrogen) atoms. The predicted octanol–water partition coefficient (Wildman–Crippen LogP) is 1.31. The van der Waals surface area contributed by atoms with Crippen molar-refractivity contribution in [1.29, 1.82) is 0 Å². The molecule has 1 atom stereocenters. The Morgan fingerprint density at radius 2 is 2.06 bits per heavy atom. The van der Waals surface area contributed by atoms with Gasteiger partial charge in [-0.25, -0.2) is 4.79 Å². The third-order valence-electron chi connectivity index (χ3n) is 1.98. The zero-order chi connectivity index (χ0) is 12.7. The molecule has 0 saturated carbocycles. The molecule has 0 rings (SSSR count). The highest BCUT2D eigenvalue weighted by Crippen LogP contribution is 2.00. The number of rotatable bonds is 6. The van der Waals surface area contributed by atoms with Crippen LogP contribution < -0.4 is 5.32 Å². The van der Waals surface area contributed by atoms with Crippen molar-refractivity contribution < 1.29 is 14.7 Å². The molecule has 0 aromatic carbocycles. The molecule has 0 aliphatic heterocycles. The van der Waals surface area contributed by atoms with Crippen LogP contribution in [0.5, 0.6) is 0 Å². The van der Waals surface area contributed by atoms with E-state index in [4.69, 9.17) is 5.11 Å². The lowest BCUT2D eigenvalue weighted by atomic mass is 10.1. The van der Waals surface area contributed by atoms with Crippen molar-refractivity contribution in [2.75, 3.05) is 20.1 Å². The van der Waals surface area contributed by atoms with Gasteiger partial charge in [-0.3, -0.25) is 4.79 Å². The monoisotopic (exact) mass is 228 g/mol. The average molecular weight is 228 g/mol. The Bertz CT molecular complexity index is 276. The average Bonchev–Trinajstić information content (AvgIpc) is 2.11. The summed E-state index contributed by atoms with van der Waals surface area (Å²) in [6.07, 6.45) is 0.0600. The van der Waals surface area contributed by atoms with E-state index >= 15 is 0 Å². The summed E-state index contributed by atoms with van der Waals surface area (Å²) in [5.41, 5.74) is 0.899. The van der Waals surface area contributed by atoms with Crippen LogP contribution in [0.25, 0.3) is 0 Å². The van der Waals surface area contributed by atoms with Gasteiger partial charge in [-0.1, -0.05) is 19.1 Å². The highest BCUT2D eigenvalue weighted by atomic mass is 16.4. The number of aliphatic carboxylic acids is 1. The molecule has 0 aliphatic carbocycles. The molecule has 2 amide bonds. The van der Waals surface area contributed by atoms with Gasteiger partial charge < -0.3 is 15.3 Å². The van der Waals surface area contributed by atoms with Crippen molar-refractivity contribution >= 4 is 12.0 Å². The fraction of sp³-hybridized carbons (Fsp3) is 0.636. The minimum atomic E-state index is -0.850. The molecule has 0 aromatic rings. The van der Waals surface area contributed by atoms with Crippen LogP contribution >= 0.6 is 0 Å². The van der Waals surface area contributed by atoms with Gasteiger partial charge in [-0.2, -0.15) is 0 Å². The first-order chi connectivity index (χ1) is 7.32. The molecule has 0 aromatic heterocycles. The Morgan fingerprint density at radius 1 is 1.50 bits per heavy atom. The van der Waals surface area contributed by atoms with Crippen LogP contribution in [-0.2, 0) is 4.79 Å². The van der Waals surface area contributed by atoms with Gasteiger partial charge in [0, 0.05) is 26.6 Å². The summed E-state index contributed by atoms with van der Waals surface area (Å²) in [5, 5.41) is 11.2. The number of carbonyl (C=O) groups excluding carboxylic acids is 1. The number of carboxylic acids is 1. The number of urea groups is 1. The molecule has 0 fully saturated rings. The molecule has 5 heteroatoms. The van der Waals surface area contributed by atoms with Crippen LogP contribution in [-0.4, -0.2) is 42.1 Å². The van der Waals surface area contributed by atoms with Crippen molar-refractivity contribution in [2.45, 2.75) is 20.3 Å². The van der Waals surface area contributed by atoms with E-state index in [-0.39, 0.29) is 18.4 Å². The van der Waals surface area contributed by atoms with Crippen LogP contribution in [0.2, 0.25) is 0 Å². The molecule has 0 radical (unpaired) electrons. The molecule has 92 valence electrons. The summed E-state index contributed by atoms with van der Waals surface area (Å²) < 4.78 is 0. The lowest BCUT2D eigenvalue weighted by Crippen LogP contribution is -2.40. The van der Waals surface area contributed by atoms with E-state index in [1.54, 1.807) is 14.0 Å². The Kier molecular flexibility index (Phi) is 6.22. The van der Waals surface area contributed by atoms with E-state index in [1.807, 2.05) is 6.92 Å². The number of hydrogen-bond acceptors (Lipinski definition) is 2.